The second kappa shape index (κ2) is 7.36. The number of rotatable bonds is 4. The molecule has 0 aliphatic carbocycles. The van der Waals surface area contributed by atoms with E-state index in [4.69, 9.17) is 0 Å². The van der Waals surface area contributed by atoms with Crippen LogP contribution in [0.15, 0.2) is 54.7 Å². The minimum Gasteiger partial charge on any atom is -0.327 e. The fourth-order valence-electron chi connectivity index (χ4n) is 4.12. The Kier molecular flexibility index (Phi) is 4.38. The van der Waals surface area contributed by atoms with Gasteiger partial charge in [0.1, 0.15) is 22.8 Å². The number of hydrogen-bond acceptors (Lipinski definition) is 6. The number of nitrogens with zero attached hydrogens (tertiary/aromatic N) is 6. The van der Waals surface area contributed by atoms with Crippen LogP contribution in [0.3, 0.4) is 0 Å². The molecule has 148 valence electrons. The molecule has 4 aromatic rings. The predicted molar refractivity (Wildman–Crippen MR) is 110 cm³/mol. The minimum absolute atomic E-state index is 0.0817. The van der Waals surface area contributed by atoms with Crippen molar-refractivity contribution in [3.63, 3.8) is 0 Å². The van der Waals surface area contributed by atoms with Crippen LogP contribution in [0.25, 0.3) is 11.0 Å². The van der Waals surface area contributed by atoms with Gasteiger partial charge in [0.05, 0.1) is 17.7 Å². The van der Waals surface area contributed by atoms with Crippen molar-refractivity contribution in [1.29, 1.82) is 10.5 Å². The van der Waals surface area contributed by atoms with Crippen LogP contribution in [-0.2, 0) is 13.0 Å². The van der Waals surface area contributed by atoms with E-state index in [-0.39, 0.29) is 17.6 Å². The maximum absolute atomic E-state index is 13.3. The molecule has 0 fully saturated rings. The molecule has 1 aliphatic rings. The van der Waals surface area contributed by atoms with E-state index in [1.807, 2.05) is 42.5 Å². The van der Waals surface area contributed by atoms with Gasteiger partial charge in [-0.3, -0.25) is 4.79 Å². The van der Waals surface area contributed by atoms with Crippen molar-refractivity contribution >= 4 is 16.9 Å². The van der Waals surface area contributed by atoms with Crippen molar-refractivity contribution in [1.82, 2.24) is 25.3 Å². The van der Waals surface area contributed by atoms with Crippen LogP contribution in [0.1, 0.15) is 44.3 Å². The number of nitriles is 2. The van der Waals surface area contributed by atoms with E-state index in [0.29, 0.717) is 29.7 Å². The Morgan fingerprint density at radius 3 is 2.71 bits per heavy atom. The Morgan fingerprint density at radius 2 is 1.87 bits per heavy atom. The summed E-state index contributed by atoms with van der Waals surface area (Å²) >= 11 is 0. The number of H-pyrrole nitrogens is 1. The molecule has 0 saturated heterocycles. The van der Waals surface area contributed by atoms with Crippen molar-refractivity contribution in [2.75, 3.05) is 0 Å². The van der Waals surface area contributed by atoms with E-state index in [0.717, 1.165) is 22.2 Å². The molecule has 31 heavy (non-hydrogen) atoms. The van der Waals surface area contributed by atoms with Crippen LogP contribution < -0.4 is 0 Å². The normalized spacial score (nSPS) is 15.0. The summed E-state index contributed by atoms with van der Waals surface area (Å²) in [5.74, 6) is -0.0817. The fraction of sp³-hybridized carbons (Fsp3) is 0.130. The Morgan fingerprint density at radius 1 is 1.03 bits per heavy atom. The number of hydrogen-bond donors (Lipinski definition) is 1. The highest BCUT2D eigenvalue weighted by Crippen LogP contribution is 2.38. The summed E-state index contributed by atoms with van der Waals surface area (Å²) in [6.07, 6.45) is 1.79. The molecular weight excluding hydrogens is 390 g/mol. The van der Waals surface area contributed by atoms with Crippen LogP contribution in [0.5, 0.6) is 0 Å². The van der Waals surface area contributed by atoms with Gasteiger partial charge in [-0.1, -0.05) is 24.3 Å². The molecule has 1 unspecified atom stereocenters. The lowest BCUT2D eigenvalue weighted by atomic mass is 9.94. The van der Waals surface area contributed by atoms with Gasteiger partial charge in [0, 0.05) is 30.3 Å². The number of carbonyl (C=O) groups excluding carboxylic acids is 1. The van der Waals surface area contributed by atoms with Gasteiger partial charge in [-0.05, 0) is 35.4 Å². The first-order valence-electron chi connectivity index (χ1n) is 9.67. The van der Waals surface area contributed by atoms with Gasteiger partial charge in [0.15, 0.2) is 0 Å². The molecule has 2 aromatic heterocycles. The summed E-state index contributed by atoms with van der Waals surface area (Å²) in [5.41, 5.74) is 5.07. The van der Waals surface area contributed by atoms with Gasteiger partial charge in [-0.2, -0.15) is 25.9 Å². The van der Waals surface area contributed by atoms with Crippen molar-refractivity contribution < 1.29 is 4.79 Å². The average Bonchev–Trinajstić information content (AvgIpc) is 3.37. The molecule has 0 bridgehead atoms. The summed E-state index contributed by atoms with van der Waals surface area (Å²) in [6, 6.07) is 18.7. The van der Waals surface area contributed by atoms with Gasteiger partial charge < -0.3 is 4.90 Å². The maximum Gasteiger partial charge on any atom is 0.255 e. The lowest BCUT2D eigenvalue weighted by molar-refractivity contribution is 0.0709. The number of pyridine rings is 1. The molecule has 0 radical (unpaired) electrons. The van der Waals surface area contributed by atoms with Gasteiger partial charge in [-0.15, -0.1) is 0 Å². The number of aromatic nitrogens is 4. The third-order valence-corrected chi connectivity index (χ3v) is 5.60. The number of amides is 1. The first-order chi connectivity index (χ1) is 15.2. The topological polar surface area (TPSA) is 122 Å². The second-order valence-corrected chi connectivity index (χ2v) is 7.30. The van der Waals surface area contributed by atoms with E-state index < -0.39 is 0 Å². The summed E-state index contributed by atoms with van der Waals surface area (Å²) in [5, 5.41) is 29.9. The van der Waals surface area contributed by atoms with E-state index in [1.54, 1.807) is 11.0 Å². The largest absolute Gasteiger partial charge is 0.327 e. The number of aromatic amines is 1. The molecule has 0 spiro atoms. The molecule has 1 atom stereocenters. The Labute approximate surface area is 177 Å². The number of nitrogens with one attached hydrogen (secondary N) is 1. The summed E-state index contributed by atoms with van der Waals surface area (Å²) < 4.78 is 0. The van der Waals surface area contributed by atoms with Crippen molar-refractivity contribution in [2.24, 2.45) is 0 Å². The lowest BCUT2D eigenvalue weighted by Crippen LogP contribution is -2.29. The minimum atomic E-state index is -0.319. The monoisotopic (exact) mass is 405 g/mol. The molecule has 8 nitrogen and oxygen atoms in total. The van der Waals surface area contributed by atoms with Gasteiger partial charge >= 0.3 is 0 Å². The predicted octanol–water partition coefficient (Wildman–Crippen LogP) is 3.04. The highest BCUT2D eigenvalue weighted by molar-refractivity contribution is 5.99. The second-order valence-electron chi connectivity index (χ2n) is 7.30. The molecule has 0 saturated carbocycles. The molecule has 1 N–H and O–H groups in total. The zero-order chi connectivity index (χ0) is 21.4. The van der Waals surface area contributed by atoms with Gasteiger partial charge in [0.2, 0.25) is 0 Å². The molecule has 8 heteroatoms. The van der Waals surface area contributed by atoms with Crippen LogP contribution in [0.2, 0.25) is 0 Å². The Balaban J connectivity index is 1.57. The van der Waals surface area contributed by atoms with Crippen LogP contribution in [0.4, 0.5) is 0 Å². The summed E-state index contributed by atoms with van der Waals surface area (Å²) in [4.78, 5) is 19.2. The van der Waals surface area contributed by atoms with Crippen molar-refractivity contribution in [2.45, 2.75) is 19.0 Å². The molecule has 2 aromatic carbocycles. The fourth-order valence-corrected chi connectivity index (χ4v) is 4.12. The van der Waals surface area contributed by atoms with Crippen LogP contribution in [0, 0.1) is 22.7 Å². The quantitative estimate of drug-likeness (QED) is 0.557. The lowest BCUT2D eigenvalue weighted by Gasteiger charge is -2.26. The van der Waals surface area contributed by atoms with E-state index in [1.165, 1.54) is 6.20 Å². The zero-order valence-corrected chi connectivity index (χ0v) is 16.3. The Bertz CT molecular complexity index is 1380. The van der Waals surface area contributed by atoms with Crippen molar-refractivity contribution in [3.8, 4) is 12.1 Å². The van der Waals surface area contributed by atoms with E-state index in [2.05, 4.69) is 32.5 Å². The maximum atomic E-state index is 13.3. The smallest absolute Gasteiger partial charge is 0.255 e. The zero-order valence-electron chi connectivity index (χ0n) is 16.3. The SMILES string of the molecule is N#Cc1ccnc(C#N)c1CC1c2ccccc2C(=O)N1Cc1ccc2n[nH]nc2c1. The molecule has 3 heterocycles. The summed E-state index contributed by atoms with van der Waals surface area (Å²) in [7, 11) is 0. The third kappa shape index (κ3) is 3.07. The van der Waals surface area contributed by atoms with E-state index >= 15 is 0 Å². The van der Waals surface area contributed by atoms with Crippen molar-refractivity contribution in [3.05, 3.63) is 88.2 Å². The molecule has 1 amide bonds. The van der Waals surface area contributed by atoms with Crippen LogP contribution >= 0.6 is 0 Å². The summed E-state index contributed by atoms with van der Waals surface area (Å²) in [6.45, 7) is 0.366. The molecule has 5 rings (SSSR count). The van der Waals surface area contributed by atoms with Gasteiger partial charge in [-0.25, -0.2) is 4.98 Å². The highest BCUT2D eigenvalue weighted by Gasteiger charge is 2.37. The molecular formula is C23H15N7O. The number of carbonyl (C=O) groups is 1. The van der Waals surface area contributed by atoms with Crippen LogP contribution in [-0.4, -0.2) is 31.2 Å². The number of fused-ring (bicyclic) bond motifs is 2. The van der Waals surface area contributed by atoms with E-state index in [9.17, 15) is 15.3 Å². The molecule has 1 aliphatic heterocycles. The standard InChI is InChI=1S/C23H15N7O/c24-11-15-7-8-26-21(12-25)18(15)10-22-16-3-1-2-4-17(16)23(31)30(22)13-14-5-6-19-20(9-14)28-29-27-19/h1-9,22H,10,13H2,(H,27,28,29). The highest BCUT2D eigenvalue weighted by atomic mass is 16.2. The number of benzene rings is 2. The average molecular weight is 405 g/mol. The first-order valence-corrected chi connectivity index (χ1v) is 9.67. The Hall–Kier alpha value is -4.56. The van der Waals surface area contributed by atoms with Gasteiger partial charge in [0.25, 0.3) is 5.91 Å². The third-order valence-electron chi connectivity index (χ3n) is 5.60. The first kappa shape index (κ1) is 18.5.